The molecule has 0 aliphatic heterocycles. The molecule has 0 bridgehead atoms. The molecule has 4 nitrogen and oxygen atoms in total. The van der Waals surface area contributed by atoms with E-state index in [4.69, 9.17) is 4.74 Å². The van der Waals surface area contributed by atoms with Crippen molar-refractivity contribution in [3.63, 3.8) is 0 Å². The van der Waals surface area contributed by atoms with Gasteiger partial charge in [0.05, 0.1) is 0 Å². The van der Waals surface area contributed by atoms with Crippen LogP contribution in [0.25, 0.3) is 0 Å². The summed E-state index contributed by atoms with van der Waals surface area (Å²) in [4.78, 5) is 11.4. The Hall–Kier alpha value is -1.71. The van der Waals surface area contributed by atoms with Crippen molar-refractivity contribution in [2.24, 2.45) is 0 Å². The Morgan fingerprint density at radius 2 is 1.56 bits per heavy atom. The van der Waals surface area contributed by atoms with Crippen molar-refractivity contribution in [1.82, 2.24) is 5.32 Å². The van der Waals surface area contributed by atoms with E-state index in [9.17, 15) is 4.79 Å². The summed E-state index contributed by atoms with van der Waals surface area (Å²) in [6.07, 6.45) is 5.66. The van der Waals surface area contributed by atoms with Gasteiger partial charge in [0, 0.05) is 18.8 Å². The minimum Gasteiger partial charge on any atom is -0.444 e. The summed E-state index contributed by atoms with van der Waals surface area (Å²) in [5.74, 6) is 0. The van der Waals surface area contributed by atoms with Crippen molar-refractivity contribution in [1.29, 1.82) is 0 Å². The molecular formula is C21H38N2O2. The maximum atomic E-state index is 11.4. The zero-order valence-corrected chi connectivity index (χ0v) is 17.2. The van der Waals surface area contributed by atoms with Crippen molar-refractivity contribution in [2.45, 2.75) is 85.3 Å². The van der Waals surface area contributed by atoms with Crippen LogP contribution in [0.3, 0.4) is 0 Å². The predicted octanol–water partition coefficient (Wildman–Crippen LogP) is 5.91. The van der Waals surface area contributed by atoms with Crippen LogP contribution in [0.4, 0.5) is 10.5 Å². The number of anilines is 1. The quantitative estimate of drug-likeness (QED) is 0.697. The monoisotopic (exact) mass is 350 g/mol. The van der Waals surface area contributed by atoms with Crippen LogP contribution in [0.5, 0.6) is 0 Å². The fourth-order valence-electron chi connectivity index (χ4n) is 2.44. The first-order chi connectivity index (χ1) is 11.8. The number of hydrogen-bond donors (Lipinski definition) is 2. The zero-order chi connectivity index (χ0) is 19.3. The summed E-state index contributed by atoms with van der Waals surface area (Å²) in [5, 5.41) is 5.97. The van der Waals surface area contributed by atoms with E-state index < -0.39 is 5.60 Å². The molecule has 0 atom stereocenters. The molecule has 0 spiro atoms. The zero-order valence-electron chi connectivity index (χ0n) is 17.2. The Morgan fingerprint density at radius 1 is 1.04 bits per heavy atom. The maximum Gasteiger partial charge on any atom is 0.407 e. The molecule has 0 aromatic heterocycles. The first-order valence-corrected chi connectivity index (χ1v) is 9.54. The molecule has 0 saturated heterocycles. The third kappa shape index (κ3) is 12.3. The number of alkyl carbamates (subject to hydrolysis) is 1. The highest BCUT2D eigenvalue weighted by molar-refractivity contribution is 5.68. The molecule has 1 aromatic rings. The highest BCUT2D eigenvalue weighted by Crippen LogP contribution is 2.18. The molecule has 1 aliphatic rings. The topological polar surface area (TPSA) is 50.4 Å². The van der Waals surface area contributed by atoms with Crippen molar-refractivity contribution in [3.05, 3.63) is 29.8 Å². The second kappa shape index (κ2) is 12.6. The Morgan fingerprint density at radius 3 is 2.00 bits per heavy atom. The van der Waals surface area contributed by atoms with E-state index >= 15 is 0 Å². The van der Waals surface area contributed by atoms with Gasteiger partial charge in [0.15, 0.2) is 0 Å². The van der Waals surface area contributed by atoms with Crippen LogP contribution in [0.15, 0.2) is 24.3 Å². The second-order valence-electron chi connectivity index (χ2n) is 7.10. The van der Waals surface area contributed by atoms with Crippen molar-refractivity contribution in [2.75, 3.05) is 12.4 Å². The van der Waals surface area contributed by atoms with Gasteiger partial charge in [-0.2, -0.15) is 0 Å². The molecular weight excluding hydrogens is 312 g/mol. The number of amides is 1. The second-order valence-corrected chi connectivity index (χ2v) is 7.10. The molecule has 0 unspecified atom stereocenters. The van der Waals surface area contributed by atoms with Crippen molar-refractivity contribution < 1.29 is 9.53 Å². The highest BCUT2D eigenvalue weighted by atomic mass is 16.6. The molecule has 1 saturated carbocycles. The van der Waals surface area contributed by atoms with Gasteiger partial charge in [-0.1, -0.05) is 50.8 Å². The number of ether oxygens (including phenoxy) is 1. The Balaban J connectivity index is 0.000000451. The molecule has 25 heavy (non-hydrogen) atoms. The molecule has 1 amide bonds. The standard InChI is InChI=1S/C11H21NO2.C8H11N.C2H6/c1-11(2,3)14-10(13)12-9-7-5-4-6-8-9;1-7-3-5-8(9-2)6-4-7;1-2/h9H,4-8H2,1-3H3,(H,12,13);3-6,9H,1-2H3;1-2H3. The third-order valence-corrected chi connectivity index (χ3v) is 3.67. The number of hydrogen-bond acceptors (Lipinski definition) is 3. The summed E-state index contributed by atoms with van der Waals surface area (Å²) in [7, 11) is 1.92. The summed E-state index contributed by atoms with van der Waals surface area (Å²) in [6.45, 7) is 11.7. The third-order valence-electron chi connectivity index (χ3n) is 3.67. The van der Waals surface area contributed by atoms with E-state index in [1.54, 1.807) is 0 Å². The van der Waals surface area contributed by atoms with Gasteiger partial charge in [-0.3, -0.25) is 0 Å². The SMILES string of the molecule is CC.CC(C)(C)OC(=O)NC1CCCCC1.CNc1ccc(C)cc1. The lowest BCUT2D eigenvalue weighted by atomic mass is 9.96. The predicted molar refractivity (Wildman–Crippen MR) is 108 cm³/mol. The van der Waals surface area contributed by atoms with E-state index in [0.717, 1.165) is 12.8 Å². The molecule has 2 N–H and O–H groups in total. The fourth-order valence-corrected chi connectivity index (χ4v) is 2.44. The van der Waals surface area contributed by atoms with Gasteiger partial charge in [0.1, 0.15) is 5.60 Å². The number of aryl methyl sites for hydroxylation is 1. The lowest BCUT2D eigenvalue weighted by Crippen LogP contribution is -2.39. The maximum absolute atomic E-state index is 11.4. The summed E-state index contributed by atoms with van der Waals surface area (Å²) >= 11 is 0. The average molecular weight is 351 g/mol. The van der Waals surface area contributed by atoms with Gasteiger partial charge in [0.2, 0.25) is 0 Å². The minimum atomic E-state index is -0.390. The van der Waals surface area contributed by atoms with Crippen molar-refractivity contribution in [3.8, 4) is 0 Å². The van der Waals surface area contributed by atoms with Crippen LogP contribution in [-0.4, -0.2) is 24.8 Å². The molecule has 1 fully saturated rings. The molecule has 0 heterocycles. The first kappa shape index (κ1) is 23.3. The number of carbonyl (C=O) groups excluding carboxylic acids is 1. The van der Waals surface area contributed by atoms with E-state index in [1.807, 2.05) is 41.7 Å². The van der Waals surface area contributed by atoms with Crippen molar-refractivity contribution >= 4 is 11.8 Å². The van der Waals surface area contributed by atoms with Gasteiger partial charge in [-0.25, -0.2) is 4.79 Å². The van der Waals surface area contributed by atoms with Crippen LogP contribution in [-0.2, 0) is 4.74 Å². The molecule has 1 aromatic carbocycles. The van der Waals surface area contributed by atoms with Gasteiger partial charge < -0.3 is 15.4 Å². The lowest BCUT2D eigenvalue weighted by Gasteiger charge is -2.25. The number of rotatable bonds is 2. The van der Waals surface area contributed by atoms with Gasteiger partial charge in [-0.15, -0.1) is 0 Å². The first-order valence-electron chi connectivity index (χ1n) is 9.54. The van der Waals surface area contributed by atoms with E-state index in [0.29, 0.717) is 6.04 Å². The van der Waals surface area contributed by atoms with Crippen LogP contribution in [0.1, 0.15) is 72.3 Å². The van der Waals surface area contributed by atoms with Crippen LogP contribution in [0.2, 0.25) is 0 Å². The normalized spacial score (nSPS) is 14.2. The summed E-state index contributed by atoms with van der Waals surface area (Å²) in [5.41, 5.74) is 2.08. The van der Waals surface area contributed by atoms with Gasteiger partial charge >= 0.3 is 6.09 Å². The smallest absolute Gasteiger partial charge is 0.407 e. The summed E-state index contributed by atoms with van der Waals surface area (Å²) < 4.78 is 5.19. The Kier molecular flexibility index (Phi) is 11.8. The Bertz CT molecular complexity index is 458. The Labute approximate surface area is 154 Å². The molecule has 4 heteroatoms. The van der Waals surface area contributed by atoms with E-state index in [-0.39, 0.29) is 6.09 Å². The summed E-state index contributed by atoms with van der Waals surface area (Å²) in [6, 6.07) is 8.64. The van der Waals surface area contributed by atoms with Gasteiger partial charge in [0.25, 0.3) is 0 Å². The fraction of sp³-hybridized carbons (Fsp3) is 0.667. The average Bonchev–Trinajstić information content (AvgIpc) is 2.57. The number of carbonyl (C=O) groups is 1. The molecule has 1 aliphatic carbocycles. The largest absolute Gasteiger partial charge is 0.444 e. The molecule has 2 rings (SSSR count). The van der Waals surface area contributed by atoms with E-state index in [1.165, 1.54) is 30.5 Å². The molecule has 0 radical (unpaired) electrons. The highest BCUT2D eigenvalue weighted by Gasteiger charge is 2.20. The number of benzene rings is 1. The van der Waals surface area contributed by atoms with Crippen LogP contribution >= 0.6 is 0 Å². The number of nitrogens with one attached hydrogen (secondary N) is 2. The van der Waals surface area contributed by atoms with E-state index in [2.05, 4.69) is 41.8 Å². The molecule has 144 valence electrons. The van der Waals surface area contributed by atoms with Gasteiger partial charge in [-0.05, 0) is 52.7 Å². The lowest BCUT2D eigenvalue weighted by molar-refractivity contribution is 0.0493. The van der Waals surface area contributed by atoms with Crippen LogP contribution in [0, 0.1) is 6.92 Å². The van der Waals surface area contributed by atoms with Crippen LogP contribution < -0.4 is 10.6 Å². The minimum absolute atomic E-state index is 0.274.